The second-order valence-corrected chi connectivity index (χ2v) is 6.40. The van der Waals surface area contributed by atoms with E-state index in [1.807, 2.05) is 17.5 Å². The van der Waals surface area contributed by atoms with E-state index in [1.165, 1.54) is 5.56 Å². The van der Waals surface area contributed by atoms with Crippen molar-refractivity contribution >= 4 is 17.2 Å². The van der Waals surface area contributed by atoms with Gasteiger partial charge in [-0.1, -0.05) is 19.1 Å². The van der Waals surface area contributed by atoms with Gasteiger partial charge in [0.1, 0.15) is 11.4 Å². The third-order valence-electron chi connectivity index (χ3n) is 3.67. The van der Waals surface area contributed by atoms with Crippen LogP contribution in [0.2, 0.25) is 0 Å². The number of hydrogen-bond donors (Lipinski definition) is 1. The molecule has 4 nitrogen and oxygen atoms in total. The maximum absolute atomic E-state index is 12.1. The van der Waals surface area contributed by atoms with Crippen LogP contribution in [-0.2, 0) is 19.4 Å². The second kappa shape index (κ2) is 6.92. The van der Waals surface area contributed by atoms with Gasteiger partial charge in [0.05, 0.1) is 11.6 Å². The van der Waals surface area contributed by atoms with Crippen LogP contribution >= 0.6 is 11.3 Å². The van der Waals surface area contributed by atoms with Crippen LogP contribution in [0.3, 0.4) is 0 Å². The van der Waals surface area contributed by atoms with Crippen LogP contribution < -0.4 is 10.1 Å². The van der Waals surface area contributed by atoms with Crippen LogP contribution in [0.15, 0.2) is 23.6 Å². The van der Waals surface area contributed by atoms with E-state index in [1.54, 1.807) is 11.3 Å². The van der Waals surface area contributed by atoms with Gasteiger partial charge in [-0.25, -0.2) is 4.98 Å². The fraction of sp³-hybridized carbons (Fsp3) is 0.412. The number of rotatable bonds is 5. The summed E-state index contributed by atoms with van der Waals surface area (Å²) in [6.45, 7) is 3.43. The Bertz CT molecular complexity index is 666. The maximum atomic E-state index is 12.1. The lowest BCUT2D eigenvalue weighted by molar-refractivity contribution is 0.0946. The van der Waals surface area contributed by atoms with Crippen molar-refractivity contribution in [3.05, 3.63) is 45.4 Å². The number of ether oxygens (including phenoxy) is 1. The van der Waals surface area contributed by atoms with Gasteiger partial charge in [-0.3, -0.25) is 4.79 Å². The average molecular weight is 316 g/mol. The molecule has 0 radical (unpaired) electrons. The molecule has 3 rings (SSSR count). The molecule has 22 heavy (non-hydrogen) atoms. The molecule has 0 saturated heterocycles. The predicted octanol–water partition coefficient (Wildman–Crippen LogP) is 3.35. The first-order valence-electron chi connectivity index (χ1n) is 7.73. The minimum atomic E-state index is -0.104. The minimum Gasteiger partial charge on any atom is -0.493 e. The quantitative estimate of drug-likeness (QED) is 0.920. The molecule has 0 saturated carbocycles. The van der Waals surface area contributed by atoms with E-state index in [4.69, 9.17) is 4.74 Å². The first kappa shape index (κ1) is 15.0. The first-order chi connectivity index (χ1) is 10.8. The van der Waals surface area contributed by atoms with Crippen molar-refractivity contribution in [2.24, 2.45) is 0 Å². The summed E-state index contributed by atoms with van der Waals surface area (Å²) in [6, 6.07) is 6.13. The smallest absolute Gasteiger partial charge is 0.271 e. The zero-order chi connectivity index (χ0) is 15.4. The number of amides is 1. The van der Waals surface area contributed by atoms with Crippen LogP contribution in [0.1, 0.15) is 46.4 Å². The molecule has 1 aliphatic heterocycles. The van der Waals surface area contributed by atoms with Gasteiger partial charge in [0.2, 0.25) is 0 Å². The third-order valence-corrected chi connectivity index (χ3v) is 4.58. The Labute approximate surface area is 134 Å². The highest BCUT2D eigenvalue weighted by atomic mass is 32.1. The van der Waals surface area contributed by atoms with Gasteiger partial charge in [-0.05, 0) is 42.9 Å². The fourth-order valence-corrected chi connectivity index (χ4v) is 3.42. The molecule has 1 N–H and O–H groups in total. The molecule has 0 bridgehead atoms. The second-order valence-electron chi connectivity index (χ2n) is 5.45. The summed E-state index contributed by atoms with van der Waals surface area (Å²) in [5.41, 5.74) is 2.85. The monoisotopic (exact) mass is 316 g/mol. The number of fused-ring (bicyclic) bond motifs is 1. The maximum Gasteiger partial charge on any atom is 0.271 e. The number of nitrogens with one attached hydrogen (secondary N) is 1. The summed E-state index contributed by atoms with van der Waals surface area (Å²) in [5, 5.41) is 5.80. The summed E-state index contributed by atoms with van der Waals surface area (Å²) in [4.78, 5) is 16.5. The number of benzene rings is 1. The molecule has 0 spiro atoms. The van der Waals surface area contributed by atoms with E-state index in [0.717, 1.165) is 48.6 Å². The molecule has 0 fully saturated rings. The summed E-state index contributed by atoms with van der Waals surface area (Å²) in [5.74, 6) is 0.873. The van der Waals surface area contributed by atoms with Gasteiger partial charge >= 0.3 is 0 Å². The Morgan fingerprint density at radius 3 is 3.23 bits per heavy atom. The van der Waals surface area contributed by atoms with Crippen LogP contribution in [0.25, 0.3) is 0 Å². The van der Waals surface area contributed by atoms with E-state index in [0.29, 0.717) is 12.2 Å². The van der Waals surface area contributed by atoms with E-state index < -0.39 is 0 Å². The number of carbonyl (C=O) groups is 1. The SMILES string of the molecule is CCCc1nc(C(=O)NCc2ccc3c(c2)CCCO3)cs1. The molecule has 5 heteroatoms. The zero-order valence-corrected chi connectivity index (χ0v) is 13.5. The number of aryl methyl sites for hydroxylation is 2. The van der Waals surface area contributed by atoms with Crippen molar-refractivity contribution in [1.82, 2.24) is 10.3 Å². The van der Waals surface area contributed by atoms with Gasteiger partial charge in [0.15, 0.2) is 0 Å². The van der Waals surface area contributed by atoms with Gasteiger partial charge in [0.25, 0.3) is 5.91 Å². The van der Waals surface area contributed by atoms with E-state index in [9.17, 15) is 4.79 Å². The molecular formula is C17H20N2O2S. The van der Waals surface area contributed by atoms with Crippen LogP contribution in [0, 0.1) is 0 Å². The summed E-state index contributed by atoms with van der Waals surface area (Å²) >= 11 is 1.55. The van der Waals surface area contributed by atoms with Crippen molar-refractivity contribution in [1.29, 1.82) is 0 Å². The zero-order valence-electron chi connectivity index (χ0n) is 12.7. The Balaban J connectivity index is 1.60. The molecule has 0 aliphatic carbocycles. The number of nitrogens with zero attached hydrogens (tertiary/aromatic N) is 1. The predicted molar refractivity (Wildman–Crippen MR) is 87.5 cm³/mol. The van der Waals surface area contributed by atoms with Crippen LogP contribution in [-0.4, -0.2) is 17.5 Å². The van der Waals surface area contributed by atoms with Gasteiger partial charge in [-0.2, -0.15) is 0 Å². The summed E-state index contributed by atoms with van der Waals surface area (Å²) in [6.07, 6.45) is 4.08. The molecule has 0 atom stereocenters. The normalized spacial score (nSPS) is 13.3. The Morgan fingerprint density at radius 2 is 2.36 bits per heavy atom. The lowest BCUT2D eigenvalue weighted by Crippen LogP contribution is -2.23. The van der Waals surface area contributed by atoms with Crippen molar-refractivity contribution in [2.45, 2.75) is 39.2 Å². The van der Waals surface area contributed by atoms with Crippen LogP contribution in [0.4, 0.5) is 0 Å². The summed E-state index contributed by atoms with van der Waals surface area (Å²) in [7, 11) is 0. The molecule has 1 aliphatic rings. The van der Waals surface area contributed by atoms with Crippen molar-refractivity contribution in [3.63, 3.8) is 0 Å². The largest absolute Gasteiger partial charge is 0.493 e. The average Bonchev–Trinajstić information content (AvgIpc) is 3.01. The number of aromatic nitrogens is 1. The first-order valence-corrected chi connectivity index (χ1v) is 8.61. The highest BCUT2D eigenvalue weighted by molar-refractivity contribution is 7.09. The fourth-order valence-electron chi connectivity index (χ4n) is 2.54. The number of hydrogen-bond acceptors (Lipinski definition) is 4. The Morgan fingerprint density at radius 1 is 1.45 bits per heavy atom. The molecule has 1 amide bonds. The number of carbonyl (C=O) groups excluding carboxylic acids is 1. The number of thiazole rings is 1. The topological polar surface area (TPSA) is 51.2 Å². The Kier molecular flexibility index (Phi) is 4.73. The molecular weight excluding hydrogens is 296 g/mol. The highest BCUT2D eigenvalue weighted by Gasteiger charge is 2.12. The third kappa shape index (κ3) is 3.47. The molecule has 2 aromatic rings. The van der Waals surface area contributed by atoms with Gasteiger partial charge in [-0.15, -0.1) is 11.3 Å². The lowest BCUT2D eigenvalue weighted by Gasteiger charge is -2.17. The van der Waals surface area contributed by atoms with Gasteiger partial charge in [0, 0.05) is 11.9 Å². The van der Waals surface area contributed by atoms with Crippen molar-refractivity contribution in [2.75, 3.05) is 6.61 Å². The minimum absolute atomic E-state index is 0.104. The molecule has 1 aromatic carbocycles. The van der Waals surface area contributed by atoms with E-state index in [-0.39, 0.29) is 5.91 Å². The van der Waals surface area contributed by atoms with Gasteiger partial charge < -0.3 is 10.1 Å². The molecule has 0 unspecified atom stereocenters. The Hall–Kier alpha value is -1.88. The van der Waals surface area contributed by atoms with Crippen molar-refractivity contribution < 1.29 is 9.53 Å². The molecule has 116 valence electrons. The van der Waals surface area contributed by atoms with E-state index >= 15 is 0 Å². The molecule has 2 heterocycles. The standard InChI is InChI=1S/C17H20N2O2S/c1-2-4-16-19-14(11-22-16)17(20)18-10-12-6-7-15-13(9-12)5-3-8-21-15/h6-7,9,11H,2-5,8,10H2,1H3,(H,18,20). The van der Waals surface area contributed by atoms with Crippen molar-refractivity contribution in [3.8, 4) is 5.75 Å². The highest BCUT2D eigenvalue weighted by Crippen LogP contribution is 2.25. The van der Waals surface area contributed by atoms with Crippen LogP contribution in [0.5, 0.6) is 5.75 Å². The molecule has 1 aromatic heterocycles. The van der Waals surface area contributed by atoms with E-state index in [2.05, 4.69) is 23.3 Å². The lowest BCUT2D eigenvalue weighted by atomic mass is 10.0. The summed E-state index contributed by atoms with van der Waals surface area (Å²) < 4.78 is 5.60.